The molecule has 0 aliphatic carbocycles. The van der Waals surface area contributed by atoms with Gasteiger partial charge in [-0.05, 0) is 36.4 Å². The molecule has 1 aliphatic heterocycles. The SMILES string of the molecule is O=C(Nc1ccccc1C(F)(F)F)[C@H]1CC(=O)N(c2ccc(F)cc2)C1. The number of hydrogen-bond acceptors (Lipinski definition) is 2. The topological polar surface area (TPSA) is 49.4 Å². The van der Waals surface area contributed by atoms with Gasteiger partial charge in [0.25, 0.3) is 0 Å². The molecule has 1 fully saturated rings. The maximum absolute atomic E-state index is 13.0. The van der Waals surface area contributed by atoms with Crippen LogP contribution in [0, 0.1) is 11.7 Å². The van der Waals surface area contributed by atoms with Crippen LogP contribution >= 0.6 is 0 Å². The molecular formula is C18H14F4N2O2. The first-order valence-corrected chi connectivity index (χ1v) is 7.79. The van der Waals surface area contributed by atoms with E-state index in [4.69, 9.17) is 0 Å². The quantitative estimate of drug-likeness (QED) is 0.840. The summed E-state index contributed by atoms with van der Waals surface area (Å²) in [4.78, 5) is 25.8. The molecule has 1 saturated heterocycles. The molecule has 1 heterocycles. The van der Waals surface area contributed by atoms with Crippen molar-refractivity contribution >= 4 is 23.2 Å². The molecule has 1 N–H and O–H groups in total. The van der Waals surface area contributed by atoms with Crippen LogP contribution in [0.2, 0.25) is 0 Å². The molecule has 0 bridgehead atoms. The van der Waals surface area contributed by atoms with Gasteiger partial charge in [-0.1, -0.05) is 12.1 Å². The number of halogens is 4. The number of amides is 2. The lowest BCUT2D eigenvalue weighted by atomic mass is 10.1. The highest BCUT2D eigenvalue weighted by atomic mass is 19.4. The van der Waals surface area contributed by atoms with Crippen LogP contribution in [0.4, 0.5) is 28.9 Å². The summed E-state index contributed by atoms with van der Waals surface area (Å²) in [5.74, 6) is -2.27. The number of benzene rings is 2. The minimum atomic E-state index is -4.60. The van der Waals surface area contributed by atoms with E-state index >= 15 is 0 Å². The van der Waals surface area contributed by atoms with E-state index in [0.29, 0.717) is 5.69 Å². The van der Waals surface area contributed by atoms with E-state index in [1.54, 1.807) is 0 Å². The predicted molar refractivity (Wildman–Crippen MR) is 86.9 cm³/mol. The molecule has 4 nitrogen and oxygen atoms in total. The number of carbonyl (C=O) groups is 2. The van der Waals surface area contributed by atoms with Crippen LogP contribution in [0.3, 0.4) is 0 Å². The highest BCUT2D eigenvalue weighted by molar-refractivity contribution is 6.03. The molecule has 26 heavy (non-hydrogen) atoms. The summed E-state index contributed by atoms with van der Waals surface area (Å²) in [6.07, 6.45) is -4.73. The number of nitrogens with zero attached hydrogens (tertiary/aromatic N) is 1. The Kier molecular flexibility index (Phi) is 4.67. The predicted octanol–water partition coefficient (Wildman–Crippen LogP) is 3.84. The van der Waals surface area contributed by atoms with Gasteiger partial charge >= 0.3 is 6.18 Å². The molecule has 0 aromatic heterocycles. The minimum absolute atomic E-state index is 0.0183. The van der Waals surface area contributed by atoms with Crippen molar-refractivity contribution in [3.8, 4) is 0 Å². The van der Waals surface area contributed by atoms with Gasteiger partial charge in [0.1, 0.15) is 5.82 Å². The van der Waals surface area contributed by atoms with Crippen molar-refractivity contribution in [3.63, 3.8) is 0 Å². The van der Waals surface area contributed by atoms with Crippen molar-refractivity contribution in [1.29, 1.82) is 0 Å². The van der Waals surface area contributed by atoms with Gasteiger partial charge in [-0.2, -0.15) is 13.2 Å². The third-order valence-corrected chi connectivity index (χ3v) is 4.12. The second kappa shape index (κ2) is 6.78. The fraction of sp³-hybridized carbons (Fsp3) is 0.222. The Balaban J connectivity index is 1.74. The van der Waals surface area contributed by atoms with Gasteiger partial charge in [0.15, 0.2) is 0 Å². The van der Waals surface area contributed by atoms with E-state index in [0.717, 1.165) is 12.1 Å². The zero-order valence-corrected chi connectivity index (χ0v) is 13.4. The minimum Gasteiger partial charge on any atom is -0.325 e. The fourth-order valence-electron chi connectivity index (χ4n) is 2.83. The van der Waals surface area contributed by atoms with Crippen molar-refractivity contribution in [2.75, 3.05) is 16.8 Å². The molecule has 1 aliphatic rings. The first-order chi connectivity index (χ1) is 12.3. The number of hydrogen-bond donors (Lipinski definition) is 1. The Labute approximate surface area is 146 Å². The van der Waals surface area contributed by atoms with Crippen LogP contribution in [0.1, 0.15) is 12.0 Å². The van der Waals surface area contributed by atoms with Gasteiger partial charge in [0, 0.05) is 18.7 Å². The molecule has 1 atom stereocenters. The molecule has 136 valence electrons. The standard InChI is InChI=1S/C18H14F4N2O2/c19-12-5-7-13(8-6-12)24-10-11(9-16(24)25)17(26)23-15-4-2-1-3-14(15)18(20,21)22/h1-8,11H,9-10H2,(H,23,26)/t11-/m0/s1. The summed E-state index contributed by atoms with van der Waals surface area (Å²) in [6.45, 7) is 0.0183. The Bertz CT molecular complexity index is 834. The number of rotatable bonds is 3. The summed E-state index contributed by atoms with van der Waals surface area (Å²) in [7, 11) is 0. The van der Waals surface area contributed by atoms with Crippen molar-refractivity contribution < 1.29 is 27.2 Å². The van der Waals surface area contributed by atoms with E-state index < -0.39 is 29.4 Å². The van der Waals surface area contributed by atoms with E-state index in [1.807, 2.05) is 0 Å². The molecule has 0 unspecified atom stereocenters. The number of para-hydroxylation sites is 1. The maximum Gasteiger partial charge on any atom is 0.418 e. The van der Waals surface area contributed by atoms with E-state index in [9.17, 15) is 27.2 Å². The maximum atomic E-state index is 13.0. The normalized spacial score (nSPS) is 17.5. The summed E-state index contributed by atoms with van der Waals surface area (Å²) < 4.78 is 52.0. The first kappa shape index (κ1) is 17.9. The summed E-state index contributed by atoms with van der Waals surface area (Å²) in [5, 5.41) is 2.26. The van der Waals surface area contributed by atoms with Crippen LogP contribution in [0.15, 0.2) is 48.5 Å². The molecule has 0 saturated carbocycles. The average molecular weight is 366 g/mol. The highest BCUT2D eigenvalue weighted by Gasteiger charge is 2.37. The molecule has 2 aromatic rings. The Morgan fingerprint density at radius 1 is 1.08 bits per heavy atom. The summed E-state index contributed by atoms with van der Waals surface area (Å²) >= 11 is 0. The Morgan fingerprint density at radius 2 is 1.73 bits per heavy atom. The molecule has 8 heteroatoms. The number of alkyl halides is 3. The summed E-state index contributed by atoms with van der Waals surface area (Å²) in [6, 6.07) is 9.85. The van der Waals surface area contributed by atoms with E-state index in [1.165, 1.54) is 41.3 Å². The lowest BCUT2D eigenvalue weighted by Gasteiger charge is -2.17. The molecule has 3 rings (SSSR count). The molecule has 2 aromatic carbocycles. The number of carbonyl (C=O) groups excluding carboxylic acids is 2. The Morgan fingerprint density at radius 3 is 2.38 bits per heavy atom. The van der Waals surface area contributed by atoms with Gasteiger partial charge < -0.3 is 10.2 Å². The number of anilines is 2. The average Bonchev–Trinajstić information content (AvgIpc) is 2.97. The van der Waals surface area contributed by atoms with Gasteiger partial charge in [0.05, 0.1) is 17.2 Å². The molecular weight excluding hydrogens is 352 g/mol. The monoisotopic (exact) mass is 366 g/mol. The largest absolute Gasteiger partial charge is 0.418 e. The second-order valence-electron chi connectivity index (χ2n) is 5.91. The van der Waals surface area contributed by atoms with Crippen LogP contribution in [0.5, 0.6) is 0 Å². The lowest BCUT2D eigenvalue weighted by Crippen LogP contribution is -2.28. The van der Waals surface area contributed by atoms with Crippen molar-refractivity contribution in [3.05, 3.63) is 59.9 Å². The molecule has 0 spiro atoms. The summed E-state index contributed by atoms with van der Waals surface area (Å²) in [5.41, 5.74) is -0.867. The molecule has 0 radical (unpaired) electrons. The third-order valence-electron chi connectivity index (χ3n) is 4.12. The zero-order chi connectivity index (χ0) is 18.9. The van der Waals surface area contributed by atoms with Gasteiger partial charge in [-0.15, -0.1) is 0 Å². The van der Waals surface area contributed by atoms with Gasteiger partial charge in [0.2, 0.25) is 11.8 Å². The second-order valence-corrected chi connectivity index (χ2v) is 5.91. The van der Waals surface area contributed by atoms with Gasteiger partial charge in [-0.3, -0.25) is 9.59 Å². The third kappa shape index (κ3) is 3.68. The van der Waals surface area contributed by atoms with Crippen LogP contribution in [-0.2, 0) is 15.8 Å². The first-order valence-electron chi connectivity index (χ1n) is 7.79. The van der Waals surface area contributed by atoms with E-state index in [2.05, 4.69) is 5.32 Å². The van der Waals surface area contributed by atoms with Crippen molar-refractivity contribution in [1.82, 2.24) is 0 Å². The molecule has 2 amide bonds. The smallest absolute Gasteiger partial charge is 0.325 e. The lowest BCUT2D eigenvalue weighted by molar-refractivity contribution is -0.137. The zero-order valence-electron chi connectivity index (χ0n) is 13.4. The fourth-order valence-corrected chi connectivity index (χ4v) is 2.83. The van der Waals surface area contributed by atoms with Crippen LogP contribution < -0.4 is 10.2 Å². The van der Waals surface area contributed by atoms with Crippen LogP contribution in [-0.4, -0.2) is 18.4 Å². The van der Waals surface area contributed by atoms with Crippen molar-refractivity contribution in [2.24, 2.45) is 5.92 Å². The Hall–Kier alpha value is -2.90. The highest BCUT2D eigenvalue weighted by Crippen LogP contribution is 2.35. The van der Waals surface area contributed by atoms with Gasteiger partial charge in [-0.25, -0.2) is 4.39 Å². The van der Waals surface area contributed by atoms with Crippen molar-refractivity contribution in [2.45, 2.75) is 12.6 Å². The number of nitrogens with one attached hydrogen (secondary N) is 1. The van der Waals surface area contributed by atoms with E-state index in [-0.39, 0.29) is 24.6 Å². The van der Waals surface area contributed by atoms with Crippen LogP contribution in [0.25, 0.3) is 0 Å².